The van der Waals surface area contributed by atoms with Gasteiger partial charge >= 0.3 is 0 Å². The first-order chi connectivity index (χ1) is 10.0. The second kappa shape index (κ2) is 6.94. The lowest BCUT2D eigenvalue weighted by Crippen LogP contribution is -2.46. The molecule has 1 aliphatic rings. The van der Waals surface area contributed by atoms with E-state index in [0.717, 1.165) is 24.3 Å². The van der Waals surface area contributed by atoms with Gasteiger partial charge < -0.3 is 14.7 Å². The molecule has 1 saturated heterocycles. The van der Waals surface area contributed by atoms with E-state index in [1.165, 1.54) is 0 Å². The summed E-state index contributed by atoms with van der Waals surface area (Å²) >= 11 is 0. The average Bonchev–Trinajstić information content (AvgIpc) is 2.49. The number of likely N-dealkylation sites (tertiary alicyclic amines) is 1. The highest BCUT2D eigenvalue weighted by Crippen LogP contribution is 2.25. The van der Waals surface area contributed by atoms with Gasteiger partial charge in [-0.1, -0.05) is 26.0 Å². The quantitative estimate of drug-likeness (QED) is 0.927. The molecule has 0 aliphatic carbocycles. The summed E-state index contributed by atoms with van der Waals surface area (Å²) in [5.74, 6) is 1.36. The molecule has 0 bridgehead atoms. The third-order valence-corrected chi connectivity index (χ3v) is 4.41. The maximum atomic E-state index is 12.4. The topological polar surface area (TPSA) is 49.8 Å². The van der Waals surface area contributed by atoms with Crippen LogP contribution in [0.2, 0.25) is 0 Å². The fraction of sp³-hybridized carbons (Fsp3) is 0.588. The number of nitrogens with zero attached hydrogens (tertiary/aromatic N) is 1. The molecule has 1 aromatic carbocycles. The standard InChI is InChI=1S/C17H25NO3/c1-12-7-8-18(11-16(12)19)17(20)9-13(2)14-5-4-6-15(10-14)21-3/h4-6,10,12-13,16,19H,7-9,11H2,1-3H3. The van der Waals surface area contributed by atoms with E-state index in [0.29, 0.717) is 13.0 Å². The van der Waals surface area contributed by atoms with Crippen LogP contribution in [0.25, 0.3) is 0 Å². The fourth-order valence-electron chi connectivity index (χ4n) is 2.73. The summed E-state index contributed by atoms with van der Waals surface area (Å²) in [7, 11) is 1.64. The molecular formula is C17H25NO3. The van der Waals surface area contributed by atoms with Crippen LogP contribution in [0.15, 0.2) is 24.3 Å². The molecule has 1 fully saturated rings. The van der Waals surface area contributed by atoms with Gasteiger partial charge in [-0.15, -0.1) is 0 Å². The van der Waals surface area contributed by atoms with Crippen molar-refractivity contribution in [3.05, 3.63) is 29.8 Å². The zero-order chi connectivity index (χ0) is 15.4. The van der Waals surface area contributed by atoms with E-state index in [2.05, 4.69) is 6.92 Å². The lowest BCUT2D eigenvalue weighted by Gasteiger charge is -2.34. The summed E-state index contributed by atoms with van der Waals surface area (Å²) in [6.45, 7) is 5.30. The number of piperidine rings is 1. The van der Waals surface area contributed by atoms with E-state index in [1.807, 2.05) is 31.2 Å². The summed E-state index contributed by atoms with van der Waals surface area (Å²) < 4.78 is 5.22. The molecule has 0 saturated carbocycles. The first-order valence-corrected chi connectivity index (χ1v) is 7.61. The Morgan fingerprint density at radius 3 is 2.95 bits per heavy atom. The van der Waals surface area contributed by atoms with Crippen LogP contribution in [0, 0.1) is 5.92 Å². The highest BCUT2D eigenvalue weighted by Gasteiger charge is 2.27. The van der Waals surface area contributed by atoms with Gasteiger partial charge in [0.2, 0.25) is 5.91 Å². The molecule has 0 aromatic heterocycles. The minimum Gasteiger partial charge on any atom is -0.497 e. The van der Waals surface area contributed by atoms with Crippen LogP contribution in [0.3, 0.4) is 0 Å². The number of carbonyl (C=O) groups is 1. The molecule has 1 aromatic rings. The normalized spacial score (nSPS) is 23.7. The van der Waals surface area contributed by atoms with Crippen LogP contribution in [-0.4, -0.2) is 42.2 Å². The van der Waals surface area contributed by atoms with Gasteiger partial charge in [0.1, 0.15) is 5.75 Å². The van der Waals surface area contributed by atoms with E-state index >= 15 is 0 Å². The first kappa shape index (κ1) is 15.8. The van der Waals surface area contributed by atoms with Crippen molar-refractivity contribution < 1.29 is 14.6 Å². The monoisotopic (exact) mass is 291 g/mol. The van der Waals surface area contributed by atoms with Crippen molar-refractivity contribution in [1.82, 2.24) is 4.90 Å². The Labute approximate surface area is 126 Å². The Morgan fingerprint density at radius 2 is 2.29 bits per heavy atom. The van der Waals surface area contributed by atoms with E-state index in [-0.39, 0.29) is 17.7 Å². The van der Waals surface area contributed by atoms with Crippen molar-refractivity contribution in [1.29, 1.82) is 0 Å². The number of aliphatic hydroxyl groups is 1. The van der Waals surface area contributed by atoms with E-state index in [9.17, 15) is 9.90 Å². The van der Waals surface area contributed by atoms with Gasteiger partial charge in [0.25, 0.3) is 0 Å². The second-order valence-electron chi connectivity index (χ2n) is 6.05. The number of ether oxygens (including phenoxy) is 1. The Bertz CT molecular complexity index is 489. The summed E-state index contributed by atoms with van der Waals surface area (Å²) in [4.78, 5) is 14.2. The van der Waals surface area contributed by atoms with Crippen molar-refractivity contribution in [2.24, 2.45) is 5.92 Å². The zero-order valence-electron chi connectivity index (χ0n) is 13.1. The van der Waals surface area contributed by atoms with Crippen LogP contribution < -0.4 is 4.74 Å². The minimum absolute atomic E-state index is 0.122. The number of hydrogen-bond donors (Lipinski definition) is 1. The molecule has 2 rings (SSSR count). The molecule has 0 spiro atoms. The molecule has 3 unspecified atom stereocenters. The lowest BCUT2D eigenvalue weighted by molar-refractivity contribution is -0.135. The average molecular weight is 291 g/mol. The highest BCUT2D eigenvalue weighted by molar-refractivity contribution is 5.77. The van der Waals surface area contributed by atoms with E-state index < -0.39 is 6.10 Å². The molecule has 4 heteroatoms. The summed E-state index contributed by atoms with van der Waals surface area (Å²) in [6.07, 6.45) is 0.948. The molecule has 1 aliphatic heterocycles. The van der Waals surface area contributed by atoms with Crippen molar-refractivity contribution in [3.63, 3.8) is 0 Å². The maximum Gasteiger partial charge on any atom is 0.223 e. The van der Waals surface area contributed by atoms with Crippen molar-refractivity contribution in [2.75, 3.05) is 20.2 Å². The molecule has 21 heavy (non-hydrogen) atoms. The number of aliphatic hydroxyl groups excluding tert-OH is 1. The van der Waals surface area contributed by atoms with Gasteiger partial charge in [-0.05, 0) is 36.0 Å². The van der Waals surface area contributed by atoms with Crippen molar-refractivity contribution >= 4 is 5.91 Å². The zero-order valence-corrected chi connectivity index (χ0v) is 13.1. The lowest BCUT2D eigenvalue weighted by atomic mass is 9.93. The number of β-amino-alcohol motifs (C(OH)–C–C–N with tert-alkyl or cyclic N) is 1. The maximum absolute atomic E-state index is 12.4. The number of methoxy groups -OCH3 is 1. The van der Waals surface area contributed by atoms with Gasteiger partial charge in [0.15, 0.2) is 0 Å². The number of benzene rings is 1. The molecule has 1 amide bonds. The van der Waals surface area contributed by atoms with E-state index in [1.54, 1.807) is 12.0 Å². The molecular weight excluding hydrogens is 266 g/mol. The Balaban J connectivity index is 1.95. The molecule has 3 atom stereocenters. The Hall–Kier alpha value is -1.55. The number of carbonyl (C=O) groups excluding carboxylic acids is 1. The number of hydrogen-bond acceptors (Lipinski definition) is 3. The smallest absolute Gasteiger partial charge is 0.223 e. The second-order valence-corrected chi connectivity index (χ2v) is 6.05. The van der Waals surface area contributed by atoms with E-state index in [4.69, 9.17) is 4.74 Å². The largest absolute Gasteiger partial charge is 0.497 e. The number of rotatable bonds is 4. The highest BCUT2D eigenvalue weighted by atomic mass is 16.5. The van der Waals surface area contributed by atoms with Gasteiger partial charge in [0, 0.05) is 19.5 Å². The minimum atomic E-state index is -0.394. The SMILES string of the molecule is COc1cccc(C(C)CC(=O)N2CCC(C)C(O)C2)c1. The van der Waals surface area contributed by atoms with Crippen LogP contribution in [0.5, 0.6) is 5.75 Å². The molecule has 1 N–H and O–H groups in total. The predicted octanol–water partition coefficient (Wildman–Crippen LogP) is 2.42. The fourth-order valence-corrected chi connectivity index (χ4v) is 2.73. The van der Waals surface area contributed by atoms with Crippen LogP contribution >= 0.6 is 0 Å². The van der Waals surface area contributed by atoms with Crippen LogP contribution in [0.1, 0.15) is 38.2 Å². The van der Waals surface area contributed by atoms with Gasteiger partial charge in [-0.2, -0.15) is 0 Å². The Kier molecular flexibility index (Phi) is 5.23. The van der Waals surface area contributed by atoms with Gasteiger partial charge in [-0.25, -0.2) is 0 Å². The van der Waals surface area contributed by atoms with Crippen LogP contribution in [0.4, 0.5) is 0 Å². The van der Waals surface area contributed by atoms with Gasteiger partial charge in [-0.3, -0.25) is 4.79 Å². The van der Waals surface area contributed by atoms with Gasteiger partial charge in [0.05, 0.1) is 13.2 Å². The first-order valence-electron chi connectivity index (χ1n) is 7.61. The summed E-state index contributed by atoms with van der Waals surface area (Å²) in [6, 6.07) is 7.85. The third kappa shape index (κ3) is 3.97. The number of amides is 1. The molecule has 4 nitrogen and oxygen atoms in total. The Morgan fingerprint density at radius 1 is 1.52 bits per heavy atom. The predicted molar refractivity (Wildman–Crippen MR) is 82.4 cm³/mol. The molecule has 1 heterocycles. The van der Waals surface area contributed by atoms with Crippen molar-refractivity contribution in [3.8, 4) is 5.75 Å². The third-order valence-electron chi connectivity index (χ3n) is 4.41. The molecule has 116 valence electrons. The summed E-state index contributed by atoms with van der Waals surface area (Å²) in [5.41, 5.74) is 1.11. The van der Waals surface area contributed by atoms with Crippen molar-refractivity contribution in [2.45, 2.75) is 38.7 Å². The summed E-state index contributed by atoms with van der Waals surface area (Å²) in [5, 5.41) is 9.91. The van der Waals surface area contributed by atoms with Crippen LogP contribution in [-0.2, 0) is 4.79 Å². The molecule has 0 radical (unpaired) electrons.